The quantitative estimate of drug-likeness (QED) is 0.659. The summed E-state index contributed by atoms with van der Waals surface area (Å²) in [6.45, 7) is 3.68. The molecule has 0 aliphatic heterocycles. The number of nitrogens with one attached hydrogen (secondary N) is 2. The van der Waals surface area contributed by atoms with Crippen molar-refractivity contribution in [2.24, 2.45) is 0 Å². The van der Waals surface area contributed by atoms with E-state index in [2.05, 4.69) is 10.6 Å². The van der Waals surface area contributed by atoms with Crippen molar-refractivity contribution in [3.8, 4) is 0 Å². The Morgan fingerprint density at radius 3 is 2.50 bits per heavy atom. The SMILES string of the molecule is Cc1ccc(Cl)cc1NC(=O)CC(C)N[C@@H](Cc1ccccc1)C(=O)O. The summed E-state index contributed by atoms with van der Waals surface area (Å²) in [4.78, 5) is 23.8. The standard InChI is InChI=1S/C20H23ClN2O3/c1-13-8-9-16(21)12-17(13)23-19(24)10-14(2)22-18(20(25)26)11-15-6-4-3-5-7-15/h3-9,12,14,18,22H,10-11H2,1-2H3,(H,23,24)(H,25,26)/t14?,18-/m0/s1. The minimum atomic E-state index is -0.938. The van der Waals surface area contributed by atoms with Crippen LogP contribution < -0.4 is 10.6 Å². The fourth-order valence-corrected chi connectivity index (χ4v) is 2.85. The maximum atomic E-state index is 12.3. The third kappa shape index (κ3) is 6.17. The maximum Gasteiger partial charge on any atom is 0.321 e. The number of hydrogen-bond donors (Lipinski definition) is 3. The molecule has 1 unspecified atom stereocenters. The Labute approximate surface area is 158 Å². The van der Waals surface area contributed by atoms with Gasteiger partial charge in [-0.15, -0.1) is 0 Å². The zero-order valence-electron chi connectivity index (χ0n) is 14.8. The lowest BCUT2D eigenvalue weighted by Crippen LogP contribution is -2.44. The average Bonchev–Trinajstić information content (AvgIpc) is 2.58. The average molecular weight is 375 g/mol. The molecule has 5 nitrogen and oxygen atoms in total. The molecule has 6 heteroatoms. The molecule has 0 saturated carbocycles. The molecule has 138 valence electrons. The zero-order chi connectivity index (χ0) is 19.1. The Hall–Kier alpha value is -2.37. The largest absolute Gasteiger partial charge is 0.480 e. The van der Waals surface area contributed by atoms with Crippen LogP contribution in [-0.2, 0) is 16.0 Å². The molecular weight excluding hydrogens is 352 g/mol. The molecular formula is C20H23ClN2O3. The van der Waals surface area contributed by atoms with Crippen molar-refractivity contribution in [1.82, 2.24) is 5.32 Å². The van der Waals surface area contributed by atoms with Gasteiger partial charge in [-0.05, 0) is 43.5 Å². The second kappa shape index (κ2) is 9.36. The number of carboxylic acids is 1. The van der Waals surface area contributed by atoms with Crippen LogP contribution in [0, 0.1) is 6.92 Å². The topological polar surface area (TPSA) is 78.4 Å². The number of aliphatic carboxylic acids is 1. The predicted molar refractivity (Wildman–Crippen MR) is 104 cm³/mol. The molecule has 0 fully saturated rings. The summed E-state index contributed by atoms with van der Waals surface area (Å²) in [7, 11) is 0. The second-order valence-corrected chi connectivity index (χ2v) is 6.80. The Morgan fingerprint density at radius 2 is 1.85 bits per heavy atom. The first-order valence-corrected chi connectivity index (χ1v) is 8.81. The molecule has 0 saturated heterocycles. The van der Waals surface area contributed by atoms with Gasteiger partial charge in [-0.1, -0.05) is 48.0 Å². The molecule has 0 aromatic heterocycles. The van der Waals surface area contributed by atoms with Gasteiger partial charge in [-0.25, -0.2) is 0 Å². The summed E-state index contributed by atoms with van der Waals surface area (Å²) in [5.41, 5.74) is 2.50. The lowest BCUT2D eigenvalue weighted by Gasteiger charge is -2.20. The van der Waals surface area contributed by atoms with Crippen LogP contribution in [-0.4, -0.2) is 29.1 Å². The highest BCUT2D eigenvalue weighted by atomic mass is 35.5. The van der Waals surface area contributed by atoms with E-state index in [1.807, 2.05) is 43.3 Å². The van der Waals surface area contributed by atoms with Gasteiger partial charge in [0.05, 0.1) is 0 Å². The zero-order valence-corrected chi connectivity index (χ0v) is 15.6. The van der Waals surface area contributed by atoms with Gasteiger partial charge in [0.25, 0.3) is 0 Å². The van der Waals surface area contributed by atoms with Crippen LogP contribution >= 0.6 is 11.6 Å². The number of halogens is 1. The number of rotatable bonds is 8. The van der Waals surface area contributed by atoms with Crippen molar-refractivity contribution in [1.29, 1.82) is 0 Å². The van der Waals surface area contributed by atoms with Gasteiger partial charge in [-0.3, -0.25) is 9.59 Å². The molecule has 0 bridgehead atoms. The van der Waals surface area contributed by atoms with Crippen LogP contribution in [0.15, 0.2) is 48.5 Å². The maximum absolute atomic E-state index is 12.3. The molecule has 0 heterocycles. The van der Waals surface area contributed by atoms with E-state index in [0.29, 0.717) is 17.1 Å². The molecule has 1 amide bonds. The summed E-state index contributed by atoms with van der Waals surface area (Å²) in [6.07, 6.45) is 0.514. The normalized spacial score (nSPS) is 13.0. The first-order chi connectivity index (χ1) is 12.3. The molecule has 0 spiro atoms. The smallest absolute Gasteiger partial charge is 0.321 e. The molecule has 2 rings (SSSR count). The van der Waals surface area contributed by atoms with E-state index in [1.165, 1.54) is 0 Å². The highest BCUT2D eigenvalue weighted by Crippen LogP contribution is 2.20. The monoisotopic (exact) mass is 374 g/mol. The van der Waals surface area contributed by atoms with Crippen molar-refractivity contribution in [2.45, 2.75) is 38.8 Å². The van der Waals surface area contributed by atoms with Crippen molar-refractivity contribution < 1.29 is 14.7 Å². The van der Waals surface area contributed by atoms with Crippen LogP contribution in [0.4, 0.5) is 5.69 Å². The third-order valence-corrected chi connectivity index (χ3v) is 4.27. The summed E-state index contributed by atoms with van der Waals surface area (Å²) >= 11 is 5.96. The summed E-state index contributed by atoms with van der Waals surface area (Å²) in [5.74, 6) is -1.13. The first-order valence-electron chi connectivity index (χ1n) is 8.44. The molecule has 2 aromatic rings. The number of benzene rings is 2. The minimum Gasteiger partial charge on any atom is -0.480 e. The first kappa shape index (κ1) is 19.9. The fraction of sp³-hybridized carbons (Fsp3) is 0.300. The van der Waals surface area contributed by atoms with E-state index in [4.69, 9.17) is 11.6 Å². The highest BCUT2D eigenvalue weighted by molar-refractivity contribution is 6.31. The van der Waals surface area contributed by atoms with E-state index in [1.54, 1.807) is 19.1 Å². The minimum absolute atomic E-state index is 0.157. The number of amides is 1. The van der Waals surface area contributed by atoms with E-state index >= 15 is 0 Å². The van der Waals surface area contributed by atoms with Gasteiger partial charge in [0.1, 0.15) is 6.04 Å². The lowest BCUT2D eigenvalue weighted by molar-refractivity contribution is -0.139. The van der Waals surface area contributed by atoms with Crippen LogP contribution in [0.5, 0.6) is 0 Å². The van der Waals surface area contributed by atoms with E-state index in [9.17, 15) is 14.7 Å². The fourth-order valence-electron chi connectivity index (χ4n) is 2.68. The van der Waals surface area contributed by atoms with Crippen LogP contribution in [0.3, 0.4) is 0 Å². The van der Waals surface area contributed by atoms with Gasteiger partial charge in [0, 0.05) is 23.2 Å². The van der Waals surface area contributed by atoms with Crippen molar-refractivity contribution >= 4 is 29.2 Å². The molecule has 3 N–H and O–H groups in total. The molecule has 26 heavy (non-hydrogen) atoms. The van der Waals surface area contributed by atoms with Gasteiger partial charge >= 0.3 is 5.97 Å². The predicted octanol–water partition coefficient (Wildman–Crippen LogP) is 3.65. The van der Waals surface area contributed by atoms with Crippen molar-refractivity contribution in [2.75, 3.05) is 5.32 Å². The number of carbonyl (C=O) groups excluding carboxylic acids is 1. The number of aryl methyl sites for hydroxylation is 1. The van der Waals surface area contributed by atoms with Crippen LogP contribution in [0.2, 0.25) is 5.02 Å². The molecule has 0 aliphatic rings. The van der Waals surface area contributed by atoms with Gasteiger partial charge in [0.15, 0.2) is 0 Å². The van der Waals surface area contributed by atoms with Gasteiger partial charge in [-0.2, -0.15) is 0 Å². The van der Waals surface area contributed by atoms with Gasteiger partial charge in [0.2, 0.25) is 5.91 Å². The molecule has 0 radical (unpaired) electrons. The highest BCUT2D eigenvalue weighted by Gasteiger charge is 2.21. The van der Waals surface area contributed by atoms with E-state index < -0.39 is 12.0 Å². The van der Waals surface area contributed by atoms with Crippen LogP contribution in [0.25, 0.3) is 0 Å². The Balaban J connectivity index is 1.92. The van der Waals surface area contributed by atoms with E-state index in [-0.39, 0.29) is 18.4 Å². The van der Waals surface area contributed by atoms with E-state index in [0.717, 1.165) is 11.1 Å². The number of carboxylic acid groups (broad SMARTS) is 1. The summed E-state index contributed by atoms with van der Waals surface area (Å²) in [6, 6.07) is 13.6. The summed E-state index contributed by atoms with van der Waals surface area (Å²) < 4.78 is 0. The third-order valence-electron chi connectivity index (χ3n) is 4.03. The number of hydrogen-bond acceptors (Lipinski definition) is 3. The Morgan fingerprint density at radius 1 is 1.15 bits per heavy atom. The summed E-state index contributed by atoms with van der Waals surface area (Å²) in [5, 5.41) is 15.8. The Kier molecular flexibility index (Phi) is 7.18. The van der Waals surface area contributed by atoms with Crippen LogP contribution in [0.1, 0.15) is 24.5 Å². The molecule has 2 aromatic carbocycles. The number of anilines is 1. The lowest BCUT2D eigenvalue weighted by atomic mass is 10.0. The number of carbonyl (C=O) groups is 2. The Bertz CT molecular complexity index is 765. The van der Waals surface area contributed by atoms with Crippen molar-refractivity contribution in [3.05, 3.63) is 64.7 Å². The molecule has 2 atom stereocenters. The molecule has 0 aliphatic carbocycles. The van der Waals surface area contributed by atoms with Crippen molar-refractivity contribution in [3.63, 3.8) is 0 Å². The van der Waals surface area contributed by atoms with Gasteiger partial charge < -0.3 is 15.7 Å². The second-order valence-electron chi connectivity index (χ2n) is 6.36.